The number of rotatable bonds is 7. The average Bonchev–Trinajstić information content (AvgIpc) is 2.76. The largest absolute Gasteiger partial charge is 0.505 e. The van der Waals surface area contributed by atoms with Crippen molar-refractivity contribution >= 4 is 17.7 Å². The molecule has 1 heterocycles. The van der Waals surface area contributed by atoms with Crippen LogP contribution in [0.3, 0.4) is 0 Å². The number of carbonyl (C=O) groups is 2. The lowest BCUT2D eigenvalue weighted by Gasteiger charge is -2.19. The number of pyridine rings is 1. The van der Waals surface area contributed by atoms with Gasteiger partial charge in [-0.2, -0.15) is 0 Å². The van der Waals surface area contributed by atoms with Gasteiger partial charge < -0.3 is 25.4 Å². The SMILES string of the molecule is Cc1ccccc1Cc1cccc(C(CC(=O)O)NC(=O)Nc2c(O)cc(C)n(C)c2=O)c1. The molecule has 2 amide bonds. The Morgan fingerprint density at radius 2 is 1.79 bits per heavy atom. The van der Waals surface area contributed by atoms with E-state index in [9.17, 15) is 24.6 Å². The summed E-state index contributed by atoms with van der Waals surface area (Å²) >= 11 is 0. The predicted octanol–water partition coefficient (Wildman–Crippen LogP) is 3.64. The van der Waals surface area contributed by atoms with Crippen LogP contribution in [0.25, 0.3) is 0 Å². The molecule has 172 valence electrons. The van der Waals surface area contributed by atoms with E-state index in [-0.39, 0.29) is 17.9 Å². The standard InChI is InChI=1S/C25H27N3O5/c1-15-7-4-5-9-18(15)12-17-8-6-10-19(13-17)20(14-22(30)31)26-25(33)27-23-21(29)11-16(2)28(3)24(23)32/h4-11,13,20,29H,12,14H2,1-3H3,(H,30,31)(H2,26,27,33). The molecule has 33 heavy (non-hydrogen) atoms. The first-order valence-electron chi connectivity index (χ1n) is 10.5. The van der Waals surface area contributed by atoms with E-state index in [4.69, 9.17) is 0 Å². The van der Waals surface area contributed by atoms with E-state index in [0.29, 0.717) is 17.7 Å². The Morgan fingerprint density at radius 1 is 1.06 bits per heavy atom. The molecule has 1 unspecified atom stereocenters. The van der Waals surface area contributed by atoms with Crippen molar-refractivity contribution < 1.29 is 19.8 Å². The zero-order valence-corrected chi connectivity index (χ0v) is 18.8. The van der Waals surface area contributed by atoms with Crippen LogP contribution < -0.4 is 16.2 Å². The van der Waals surface area contributed by atoms with Crippen molar-refractivity contribution in [3.63, 3.8) is 0 Å². The maximum absolute atomic E-state index is 12.6. The minimum Gasteiger partial charge on any atom is -0.505 e. The topological polar surface area (TPSA) is 121 Å². The van der Waals surface area contributed by atoms with Crippen LogP contribution in [0.1, 0.15) is 40.4 Å². The minimum absolute atomic E-state index is 0.275. The maximum atomic E-state index is 12.6. The first kappa shape index (κ1) is 23.6. The van der Waals surface area contributed by atoms with Crippen LogP contribution in [0.15, 0.2) is 59.4 Å². The van der Waals surface area contributed by atoms with Gasteiger partial charge >= 0.3 is 12.0 Å². The molecule has 0 aliphatic carbocycles. The number of aliphatic carboxylic acids is 1. The Hall–Kier alpha value is -4.07. The van der Waals surface area contributed by atoms with Crippen LogP contribution in [0.4, 0.5) is 10.5 Å². The molecule has 0 saturated heterocycles. The van der Waals surface area contributed by atoms with Crippen LogP contribution in [-0.4, -0.2) is 26.8 Å². The van der Waals surface area contributed by atoms with Gasteiger partial charge in [0.1, 0.15) is 5.75 Å². The number of hydrogen-bond acceptors (Lipinski definition) is 4. The molecule has 1 aromatic heterocycles. The molecular weight excluding hydrogens is 422 g/mol. The summed E-state index contributed by atoms with van der Waals surface area (Å²) in [5, 5.41) is 24.4. The zero-order valence-electron chi connectivity index (χ0n) is 18.8. The van der Waals surface area contributed by atoms with Gasteiger partial charge in [0.2, 0.25) is 0 Å². The Bertz CT molecular complexity index is 1250. The van der Waals surface area contributed by atoms with Crippen molar-refractivity contribution in [2.45, 2.75) is 32.7 Å². The van der Waals surface area contributed by atoms with Gasteiger partial charge in [-0.3, -0.25) is 9.59 Å². The van der Waals surface area contributed by atoms with Crippen molar-refractivity contribution in [2.24, 2.45) is 7.05 Å². The molecule has 3 rings (SSSR count). The Labute approximate surface area is 191 Å². The summed E-state index contributed by atoms with van der Waals surface area (Å²) < 4.78 is 1.29. The van der Waals surface area contributed by atoms with Crippen LogP contribution in [0.5, 0.6) is 5.75 Å². The molecule has 4 N–H and O–H groups in total. The molecule has 0 fully saturated rings. The number of nitrogens with one attached hydrogen (secondary N) is 2. The van der Waals surface area contributed by atoms with Gasteiger partial charge in [-0.25, -0.2) is 4.79 Å². The fourth-order valence-electron chi connectivity index (χ4n) is 3.60. The van der Waals surface area contributed by atoms with E-state index in [1.165, 1.54) is 17.7 Å². The van der Waals surface area contributed by atoms with Gasteiger partial charge in [0.25, 0.3) is 5.56 Å². The molecule has 1 atom stereocenters. The van der Waals surface area contributed by atoms with Crippen molar-refractivity contribution in [1.82, 2.24) is 9.88 Å². The normalized spacial score (nSPS) is 11.6. The third kappa shape index (κ3) is 5.79. The van der Waals surface area contributed by atoms with E-state index >= 15 is 0 Å². The van der Waals surface area contributed by atoms with Crippen LogP contribution in [0, 0.1) is 13.8 Å². The quantitative estimate of drug-likeness (QED) is 0.439. The van der Waals surface area contributed by atoms with E-state index in [2.05, 4.69) is 10.6 Å². The molecule has 0 radical (unpaired) electrons. The van der Waals surface area contributed by atoms with Gasteiger partial charge in [0, 0.05) is 18.8 Å². The molecule has 3 aromatic rings. The minimum atomic E-state index is -1.08. The van der Waals surface area contributed by atoms with E-state index in [0.717, 1.165) is 16.7 Å². The zero-order chi connectivity index (χ0) is 24.1. The summed E-state index contributed by atoms with van der Waals surface area (Å²) in [7, 11) is 1.52. The van der Waals surface area contributed by atoms with Crippen molar-refractivity contribution in [3.05, 3.63) is 92.9 Å². The third-order valence-corrected chi connectivity index (χ3v) is 5.58. The monoisotopic (exact) mass is 449 g/mol. The second kappa shape index (κ2) is 10.0. The van der Waals surface area contributed by atoms with Crippen LogP contribution >= 0.6 is 0 Å². The highest BCUT2D eigenvalue weighted by Gasteiger charge is 2.21. The molecule has 8 nitrogen and oxygen atoms in total. The van der Waals surface area contributed by atoms with E-state index in [1.807, 2.05) is 49.4 Å². The number of anilines is 1. The number of aryl methyl sites for hydroxylation is 2. The number of carboxylic acid groups (broad SMARTS) is 1. The lowest BCUT2D eigenvalue weighted by atomic mass is 9.96. The smallest absolute Gasteiger partial charge is 0.319 e. The van der Waals surface area contributed by atoms with Crippen LogP contribution in [-0.2, 0) is 18.3 Å². The lowest BCUT2D eigenvalue weighted by Crippen LogP contribution is -2.36. The summed E-state index contributed by atoms with van der Waals surface area (Å²) in [5.41, 5.74) is 3.59. The van der Waals surface area contributed by atoms with Gasteiger partial charge in [-0.05, 0) is 42.5 Å². The van der Waals surface area contributed by atoms with Crippen molar-refractivity contribution in [1.29, 1.82) is 0 Å². The summed E-state index contributed by atoms with van der Waals surface area (Å²) in [4.78, 5) is 36.5. The summed E-state index contributed by atoms with van der Waals surface area (Å²) in [6.45, 7) is 3.68. The molecule has 2 aromatic carbocycles. The Balaban J connectivity index is 1.83. The predicted molar refractivity (Wildman–Crippen MR) is 126 cm³/mol. The highest BCUT2D eigenvalue weighted by molar-refractivity contribution is 5.91. The van der Waals surface area contributed by atoms with E-state index in [1.54, 1.807) is 13.0 Å². The molecule has 0 saturated carbocycles. The van der Waals surface area contributed by atoms with Gasteiger partial charge in [0.05, 0.1) is 12.5 Å². The fourth-order valence-corrected chi connectivity index (χ4v) is 3.60. The fraction of sp³-hybridized carbons (Fsp3) is 0.240. The van der Waals surface area contributed by atoms with Gasteiger partial charge in [0.15, 0.2) is 5.69 Å². The molecule has 8 heteroatoms. The molecule has 0 bridgehead atoms. The number of carboxylic acids is 1. The van der Waals surface area contributed by atoms with Crippen molar-refractivity contribution in [2.75, 3.05) is 5.32 Å². The Morgan fingerprint density at radius 3 is 2.48 bits per heavy atom. The first-order valence-corrected chi connectivity index (χ1v) is 10.5. The molecule has 0 aliphatic rings. The first-order chi connectivity index (χ1) is 15.7. The number of hydrogen-bond donors (Lipinski definition) is 4. The second-order valence-electron chi connectivity index (χ2n) is 8.01. The summed E-state index contributed by atoms with van der Waals surface area (Å²) in [5.74, 6) is -1.44. The van der Waals surface area contributed by atoms with E-state index < -0.39 is 23.6 Å². The number of aromatic hydroxyl groups is 1. The lowest BCUT2D eigenvalue weighted by molar-refractivity contribution is -0.137. The number of carbonyl (C=O) groups excluding carboxylic acids is 1. The third-order valence-electron chi connectivity index (χ3n) is 5.58. The number of amides is 2. The second-order valence-corrected chi connectivity index (χ2v) is 8.01. The number of urea groups is 1. The number of benzene rings is 2. The maximum Gasteiger partial charge on any atom is 0.319 e. The summed E-state index contributed by atoms with van der Waals surface area (Å²) in [6.07, 6.45) is 0.318. The molecule has 0 aliphatic heterocycles. The molecular formula is C25H27N3O5. The molecule has 0 spiro atoms. The van der Waals surface area contributed by atoms with Gasteiger partial charge in [-0.15, -0.1) is 0 Å². The van der Waals surface area contributed by atoms with Gasteiger partial charge in [-0.1, -0.05) is 48.5 Å². The average molecular weight is 450 g/mol. The number of aromatic nitrogens is 1. The Kier molecular flexibility index (Phi) is 7.17. The highest BCUT2D eigenvalue weighted by atomic mass is 16.4. The van der Waals surface area contributed by atoms with Crippen LogP contribution in [0.2, 0.25) is 0 Å². The van der Waals surface area contributed by atoms with Crippen molar-refractivity contribution in [3.8, 4) is 5.75 Å². The summed E-state index contributed by atoms with van der Waals surface area (Å²) in [6, 6.07) is 15.1. The highest BCUT2D eigenvalue weighted by Crippen LogP contribution is 2.23. The number of nitrogens with zero attached hydrogens (tertiary/aromatic N) is 1.